The van der Waals surface area contributed by atoms with Crippen LogP contribution in [0.1, 0.15) is 30.6 Å². The number of halogens is 7. The maximum absolute atomic E-state index is 13.6. The van der Waals surface area contributed by atoms with Gasteiger partial charge in [0.15, 0.2) is 0 Å². The van der Waals surface area contributed by atoms with Crippen molar-refractivity contribution in [2.45, 2.75) is 37.5 Å². The van der Waals surface area contributed by atoms with Crippen LogP contribution in [0.25, 0.3) is 0 Å². The highest BCUT2D eigenvalue weighted by atomic mass is 19.4. The maximum Gasteiger partial charge on any atom is 0.460 e. The molecule has 0 aliphatic carbocycles. The van der Waals surface area contributed by atoms with Crippen LogP contribution in [-0.2, 0) is 11.0 Å². The fourth-order valence-electron chi connectivity index (χ4n) is 1.63. The van der Waals surface area contributed by atoms with Crippen LogP contribution in [0.5, 0.6) is 0 Å². The molecule has 1 radical (unpaired) electrons. The van der Waals surface area contributed by atoms with E-state index < -0.39 is 35.3 Å². The topological polar surface area (TPSA) is 19.9 Å². The van der Waals surface area contributed by atoms with Crippen LogP contribution in [0, 0.1) is 0 Å². The van der Waals surface area contributed by atoms with Crippen molar-refractivity contribution in [2.75, 3.05) is 0 Å². The molecule has 1 nitrogen and oxygen atoms in total. The van der Waals surface area contributed by atoms with Crippen LogP contribution in [0.3, 0.4) is 0 Å². The zero-order valence-corrected chi connectivity index (χ0v) is 10.1. The monoisotopic (exact) mass is 303 g/mol. The molecule has 0 spiro atoms. The summed E-state index contributed by atoms with van der Waals surface area (Å²) < 4.78 is 89.4. The van der Waals surface area contributed by atoms with Gasteiger partial charge in [-0.05, 0) is 12.0 Å². The lowest BCUT2D eigenvalue weighted by atomic mass is 9.93. The average Bonchev–Trinajstić information content (AvgIpc) is 2.36. The highest BCUT2D eigenvalue weighted by Crippen LogP contribution is 2.53. The quantitative estimate of drug-likeness (QED) is 0.708. The van der Waals surface area contributed by atoms with Gasteiger partial charge in [0.25, 0.3) is 0 Å². The van der Waals surface area contributed by atoms with Gasteiger partial charge in [0, 0.05) is 5.56 Å². The molecule has 0 aliphatic rings. The molecule has 0 saturated heterocycles. The van der Waals surface area contributed by atoms with E-state index in [1.807, 2.05) is 0 Å². The van der Waals surface area contributed by atoms with Crippen LogP contribution in [0.2, 0.25) is 0 Å². The van der Waals surface area contributed by atoms with Gasteiger partial charge < -0.3 is 0 Å². The zero-order valence-electron chi connectivity index (χ0n) is 10.1. The summed E-state index contributed by atoms with van der Waals surface area (Å²) in [6.07, 6.45) is -8.44. The Morgan fingerprint density at radius 2 is 1.50 bits per heavy atom. The van der Waals surface area contributed by atoms with Crippen LogP contribution in [0.15, 0.2) is 24.3 Å². The van der Waals surface area contributed by atoms with Crippen LogP contribution in [0.4, 0.5) is 30.7 Å². The van der Waals surface area contributed by atoms with Crippen molar-refractivity contribution >= 4 is 0 Å². The van der Waals surface area contributed by atoms with Gasteiger partial charge >= 0.3 is 18.0 Å². The number of hydrogen-bond acceptors (Lipinski definition) is 0. The summed E-state index contributed by atoms with van der Waals surface area (Å²) >= 11 is 0. The van der Waals surface area contributed by atoms with Crippen molar-refractivity contribution in [2.24, 2.45) is 0 Å². The second kappa shape index (κ2) is 5.23. The molecule has 0 fully saturated rings. The minimum Gasteiger partial charge on any atom is -0.228 e. The smallest absolute Gasteiger partial charge is 0.228 e. The van der Waals surface area contributed by atoms with Crippen LogP contribution >= 0.6 is 0 Å². The third-order valence-corrected chi connectivity index (χ3v) is 2.77. The number of rotatable bonds is 4. The average molecular weight is 303 g/mol. The number of alkyl halides is 7. The molecule has 0 aliphatic heterocycles. The van der Waals surface area contributed by atoms with Gasteiger partial charge in [-0.1, -0.05) is 31.2 Å². The van der Waals surface area contributed by atoms with Crippen molar-refractivity contribution < 1.29 is 35.8 Å². The first-order chi connectivity index (χ1) is 8.96. The standard InChI is InChI=1S/C12H10F7O/c1-2-9(20)7-5-3-4-6-8(7)10(13,14)11(15,16)12(17,18)19/h3-6,9H,2H2,1H3. The second-order valence-electron chi connectivity index (χ2n) is 4.13. The molecular formula is C12H10F7O. The van der Waals surface area contributed by atoms with E-state index in [1.165, 1.54) is 6.92 Å². The molecule has 113 valence electrons. The van der Waals surface area contributed by atoms with E-state index in [0.717, 1.165) is 18.2 Å². The highest BCUT2D eigenvalue weighted by Gasteiger charge is 2.73. The van der Waals surface area contributed by atoms with E-state index in [2.05, 4.69) is 0 Å². The molecule has 0 saturated carbocycles. The molecule has 1 unspecified atom stereocenters. The van der Waals surface area contributed by atoms with Crippen molar-refractivity contribution in [1.29, 1.82) is 0 Å². The molecule has 0 amide bonds. The lowest BCUT2D eigenvalue weighted by Crippen LogP contribution is -2.50. The molecule has 1 aromatic carbocycles. The third-order valence-electron chi connectivity index (χ3n) is 2.77. The minimum absolute atomic E-state index is 0.218. The summed E-state index contributed by atoms with van der Waals surface area (Å²) in [5, 5.41) is 11.5. The number of hydrogen-bond donors (Lipinski definition) is 0. The Morgan fingerprint density at radius 3 is 1.95 bits per heavy atom. The molecule has 0 N–H and O–H groups in total. The van der Waals surface area contributed by atoms with Crippen LogP contribution in [-0.4, -0.2) is 12.1 Å². The van der Waals surface area contributed by atoms with E-state index in [4.69, 9.17) is 0 Å². The summed E-state index contributed by atoms with van der Waals surface area (Å²) in [6, 6.07) is 3.25. The lowest BCUT2D eigenvalue weighted by molar-refractivity contribution is -0.359. The Morgan fingerprint density at radius 1 is 1.00 bits per heavy atom. The zero-order chi connectivity index (χ0) is 15.8. The summed E-state index contributed by atoms with van der Waals surface area (Å²) in [4.78, 5) is 0. The van der Waals surface area contributed by atoms with E-state index >= 15 is 0 Å². The van der Waals surface area contributed by atoms with Gasteiger partial charge in [-0.15, -0.1) is 0 Å². The van der Waals surface area contributed by atoms with Crippen molar-refractivity contribution in [1.82, 2.24) is 0 Å². The number of benzene rings is 1. The fourth-order valence-corrected chi connectivity index (χ4v) is 1.63. The van der Waals surface area contributed by atoms with Gasteiger partial charge in [0.2, 0.25) is 0 Å². The van der Waals surface area contributed by atoms with Gasteiger partial charge in [-0.3, -0.25) is 0 Å². The summed E-state index contributed by atoms with van der Waals surface area (Å²) in [5.74, 6) is -11.8. The first-order valence-corrected chi connectivity index (χ1v) is 5.54. The molecule has 0 aromatic heterocycles. The van der Waals surface area contributed by atoms with Gasteiger partial charge in [0.05, 0.1) is 0 Å². The van der Waals surface area contributed by atoms with Gasteiger partial charge in [0.1, 0.15) is 6.10 Å². The normalized spacial score (nSPS) is 15.2. The van der Waals surface area contributed by atoms with E-state index in [1.54, 1.807) is 0 Å². The molecule has 20 heavy (non-hydrogen) atoms. The highest BCUT2D eigenvalue weighted by molar-refractivity contribution is 5.34. The maximum atomic E-state index is 13.6. The summed E-state index contributed by atoms with van der Waals surface area (Å²) in [6.45, 7) is 1.31. The van der Waals surface area contributed by atoms with Gasteiger partial charge in [-0.25, -0.2) is 5.11 Å². The molecule has 1 rings (SSSR count). The van der Waals surface area contributed by atoms with Crippen molar-refractivity contribution in [3.8, 4) is 0 Å². The summed E-state index contributed by atoms with van der Waals surface area (Å²) in [7, 11) is 0. The molecule has 1 aromatic rings. The molecule has 1 atom stereocenters. The van der Waals surface area contributed by atoms with Crippen molar-refractivity contribution in [3.63, 3.8) is 0 Å². The van der Waals surface area contributed by atoms with Crippen molar-refractivity contribution in [3.05, 3.63) is 35.4 Å². The largest absolute Gasteiger partial charge is 0.460 e. The van der Waals surface area contributed by atoms with Gasteiger partial charge in [-0.2, -0.15) is 30.7 Å². The summed E-state index contributed by atoms with van der Waals surface area (Å²) in [5.41, 5.74) is -2.35. The molecular weight excluding hydrogens is 293 g/mol. The molecule has 0 bridgehead atoms. The first kappa shape index (κ1) is 16.7. The predicted octanol–water partition coefficient (Wildman–Crippen LogP) is 4.86. The minimum atomic E-state index is -6.42. The SMILES string of the molecule is CCC([O])c1ccccc1C(F)(F)C(F)(F)C(F)(F)F. The van der Waals surface area contributed by atoms with E-state index in [-0.39, 0.29) is 6.42 Å². The second-order valence-corrected chi connectivity index (χ2v) is 4.13. The molecule has 8 heteroatoms. The third kappa shape index (κ3) is 2.61. The first-order valence-electron chi connectivity index (χ1n) is 5.54. The van der Waals surface area contributed by atoms with E-state index in [9.17, 15) is 35.8 Å². The Kier molecular flexibility index (Phi) is 4.38. The molecule has 0 heterocycles. The Labute approximate surface area is 110 Å². The lowest BCUT2D eigenvalue weighted by Gasteiger charge is -2.30. The Balaban J connectivity index is 3.43. The fraction of sp³-hybridized carbons (Fsp3) is 0.500. The van der Waals surface area contributed by atoms with Crippen LogP contribution < -0.4 is 0 Å². The Hall–Kier alpha value is -1.31. The Bertz CT molecular complexity index is 467. The predicted molar refractivity (Wildman–Crippen MR) is 55.1 cm³/mol. The van der Waals surface area contributed by atoms with E-state index in [0.29, 0.717) is 6.07 Å².